The maximum atomic E-state index is 14.3. The number of methoxy groups -OCH3 is 1. The third-order valence-electron chi connectivity index (χ3n) is 4.56. The minimum Gasteiger partial charge on any atom is -0.376 e. The van der Waals surface area contributed by atoms with E-state index in [4.69, 9.17) is 4.74 Å². The number of benzene rings is 1. The molecule has 0 radical (unpaired) electrons. The monoisotopic (exact) mass is 297 g/mol. The van der Waals surface area contributed by atoms with Gasteiger partial charge in [-0.1, -0.05) is 38.7 Å². The second kappa shape index (κ2) is 7.32. The lowest BCUT2D eigenvalue weighted by Gasteiger charge is -2.40. The van der Waals surface area contributed by atoms with E-state index in [0.29, 0.717) is 12.1 Å². The molecule has 0 heterocycles. The van der Waals surface area contributed by atoms with Gasteiger partial charge in [0, 0.05) is 18.7 Å². The summed E-state index contributed by atoms with van der Waals surface area (Å²) in [5, 5.41) is 3.36. The molecule has 0 amide bonds. The summed E-state index contributed by atoms with van der Waals surface area (Å²) >= 11 is 0. The summed E-state index contributed by atoms with van der Waals surface area (Å²) in [6.45, 7) is 2.71. The van der Waals surface area contributed by atoms with Crippen molar-refractivity contribution in [1.29, 1.82) is 0 Å². The Morgan fingerprint density at radius 3 is 2.38 bits per heavy atom. The number of likely N-dealkylation sites (N-methyl/N-ethyl adjacent to an activating group) is 1. The highest BCUT2D eigenvalue weighted by molar-refractivity contribution is 5.25. The average molecular weight is 297 g/mol. The van der Waals surface area contributed by atoms with Gasteiger partial charge < -0.3 is 10.1 Å². The predicted molar refractivity (Wildman–Crippen MR) is 80.2 cm³/mol. The zero-order chi connectivity index (χ0) is 15.3. The van der Waals surface area contributed by atoms with E-state index >= 15 is 0 Å². The van der Waals surface area contributed by atoms with Gasteiger partial charge in [-0.15, -0.1) is 0 Å². The predicted octanol–water partition coefficient (Wildman–Crippen LogP) is 4.35. The molecule has 0 spiro atoms. The number of nitrogens with one attached hydrogen (secondary N) is 1. The fourth-order valence-corrected chi connectivity index (χ4v) is 3.46. The Labute approximate surface area is 125 Å². The summed E-state index contributed by atoms with van der Waals surface area (Å²) < 4.78 is 33.3. The highest BCUT2D eigenvalue weighted by Crippen LogP contribution is 2.41. The lowest BCUT2D eigenvalue weighted by atomic mass is 9.82. The molecule has 0 aliphatic heterocycles. The number of ether oxygens (including phenoxy) is 1. The molecular weight excluding hydrogens is 272 g/mol. The van der Waals surface area contributed by atoms with E-state index in [1.807, 2.05) is 6.92 Å². The number of halogens is 2. The van der Waals surface area contributed by atoms with Crippen molar-refractivity contribution >= 4 is 0 Å². The maximum Gasteiger partial charge on any atom is 0.131 e. The van der Waals surface area contributed by atoms with Crippen LogP contribution >= 0.6 is 0 Å². The van der Waals surface area contributed by atoms with E-state index in [9.17, 15) is 8.78 Å². The Bertz CT molecular complexity index is 456. The van der Waals surface area contributed by atoms with Crippen LogP contribution in [0.15, 0.2) is 18.2 Å². The molecule has 0 bridgehead atoms. The van der Waals surface area contributed by atoms with Crippen LogP contribution in [0.3, 0.4) is 0 Å². The van der Waals surface area contributed by atoms with Gasteiger partial charge in [0.1, 0.15) is 11.6 Å². The summed E-state index contributed by atoms with van der Waals surface area (Å²) in [6, 6.07) is 3.58. The van der Waals surface area contributed by atoms with Crippen LogP contribution in [0.1, 0.15) is 57.1 Å². The lowest BCUT2D eigenvalue weighted by molar-refractivity contribution is -0.0545. The topological polar surface area (TPSA) is 21.3 Å². The zero-order valence-corrected chi connectivity index (χ0v) is 12.9. The van der Waals surface area contributed by atoms with Crippen molar-refractivity contribution in [3.63, 3.8) is 0 Å². The molecule has 21 heavy (non-hydrogen) atoms. The van der Waals surface area contributed by atoms with Gasteiger partial charge in [-0.05, 0) is 25.5 Å². The van der Waals surface area contributed by atoms with Crippen LogP contribution in [0.5, 0.6) is 0 Å². The van der Waals surface area contributed by atoms with Gasteiger partial charge in [-0.25, -0.2) is 8.78 Å². The second-order valence-corrected chi connectivity index (χ2v) is 5.84. The molecular formula is C17H25F2NO. The largest absolute Gasteiger partial charge is 0.376 e. The van der Waals surface area contributed by atoms with Crippen molar-refractivity contribution in [2.75, 3.05) is 13.7 Å². The first-order valence-electron chi connectivity index (χ1n) is 7.86. The fourth-order valence-electron chi connectivity index (χ4n) is 3.46. The van der Waals surface area contributed by atoms with Gasteiger partial charge >= 0.3 is 0 Å². The number of hydrogen-bond donors (Lipinski definition) is 1. The first-order valence-corrected chi connectivity index (χ1v) is 7.86. The molecule has 1 aliphatic rings. The van der Waals surface area contributed by atoms with Crippen molar-refractivity contribution < 1.29 is 13.5 Å². The standard InChI is InChI=1S/C17H25F2NO/c1-3-20-16(14-9-8-13(18)12-15(14)19)17(21-2)10-6-4-5-7-11-17/h8-9,12,16,20H,3-7,10-11H2,1-2H3. The first kappa shape index (κ1) is 16.4. The van der Waals surface area contributed by atoms with Gasteiger partial charge in [-0.2, -0.15) is 0 Å². The molecule has 1 N–H and O–H groups in total. The van der Waals surface area contributed by atoms with Gasteiger partial charge in [0.2, 0.25) is 0 Å². The minimum atomic E-state index is -0.543. The third kappa shape index (κ3) is 3.61. The minimum absolute atomic E-state index is 0.244. The van der Waals surface area contributed by atoms with E-state index in [0.717, 1.165) is 31.7 Å². The summed E-state index contributed by atoms with van der Waals surface area (Å²) in [4.78, 5) is 0. The Balaban J connectivity index is 2.39. The molecule has 1 aromatic rings. The van der Waals surface area contributed by atoms with E-state index < -0.39 is 17.2 Å². The molecule has 1 unspecified atom stereocenters. The van der Waals surface area contributed by atoms with Crippen LogP contribution in [-0.2, 0) is 4.74 Å². The first-order chi connectivity index (χ1) is 10.1. The van der Waals surface area contributed by atoms with Crippen LogP contribution in [0.2, 0.25) is 0 Å². The third-order valence-corrected chi connectivity index (χ3v) is 4.56. The zero-order valence-electron chi connectivity index (χ0n) is 12.9. The molecule has 118 valence electrons. The summed E-state index contributed by atoms with van der Waals surface area (Å²) in [7, 11) is 1.71. The van der Waals surface area contributed by atoms with E-state index in [-0.39, 0.29) is 6.04 Å². The quantitative estimate of drug-likeness (QED) is 0.816. The summed E-state index contributed by atoms with van der Waals surface area (Å²) in [5.41, 5.74) is 0.0903. The van der Waals surface area contributed by atoms with E-state index in [2.05, 4.69) is 5.32 Å². The Kier molecular flexibility index (Phi) is 5.71. The molecule has 4 heteroatoms. The second-order valence-electron chi connectivity index (χ2n) is 5.84. The maximum absolute atomic E-state index is 14.3. The molecule has 1 aliphatic carbocycles. The van der Waals surface area contributed by atoms with Crippen LogP contribution in [-0.4, -0.2) is 19.3 Å². The van der Waals surface area contributed by atoms with Crippen molar-refractivity contribution in [2.24, 2.45) is 0 Å². The van der Waals surface area contributed by atoms with Gasteiger partial charge in [0.05, 0.1) is 11.6 Å². The highest BCUT2D eigenvalue weighted by Gasteiger charge is 2.40. The van der Waals surface area contributed by atoms with Crippen LogP contribution in [0, 0.1) is 11.6 Å². The highest BCUT2D eigenvalue weighted by atomic mass is 19.1. The lowest BCUT2D eigenvalue weighted by Crippen LogP contribution is -2.45. The molecule has 2 rings (SSSR count). The molecule has 0 aromatic heterocycles. The molecule has 2 nitrogen and oxygen atoms in total. The summed E-state index contributed by atoms with van der Waals surface area (Å²) in [6.07, 6.45) is 6.35. The van der Waals surface area contributed by atoms with Gasteiger partial charge in [-0.3, -0.25) is 0 Å². The number of rotatable bonds is 5. The van der Waals surface area contributed by atoms with Crippen LogP contribution in [0.4, 0.5) is 8.78 Å². The van der Waals surface area contributed by atoms with Crippen molar-refractivity contribution in [1.82, 2.24) is 5.32 Å². The Morgan fingerprint density at radius 2 is 1.86 bits per heavy atom. The summed E-state index contributed by atoms with van der Waals surface area (Å²) in [5.74, 6) is -1.04. The average Bonchev–Trinajstić information content (AvgIpc) is 2.72. The van der Waals surface area contributed by atoms with Gasteiger partial charge in [0.15, 0.2) is 0 Å². The smallest absolute Gasteiger partial charge is 0.131 e. The fraction of sp³-hybridized carbons (Fsp3) is 0.647. The van der Waals surface area contributed by atoms with Crippen LogP contribution in [0.25, 0.3) is 0 Å². The van der Waals surface area contributed by atoms with Crippen molar-refractivity contribution in [3.8, 4) is 0 Å². The molecule has 1 atom stereocenters. The van der Waals surface area contributed by atoms with Crippen LogP contribution < -0.4 is 5.32 Å². The SMILES string of the molecule is CCNC(c1ccc(F)cc1F)C1(OC)CCCCCC1. The van der Waals surface area contributed by atoms with Crippen molar-refractivity contribution in [2.45, 2.75) is 57.1 Å². The van der Waals surface area contributed by atoms with E-state index in [1.54, 1.807) is 13.2 Å². The molecule has 1 fully saturated rings. The van der Waals surface area contributed by atoms with E-state index in [1.165, 1.54) is 18.9 Å². The van der Waals surface area contributed by atoms with Gasteiger partial charge in [0.25, 0.3) is 0 Å². The van der Waals surface area contributed by atoms with Crippen molar-refractivity contribution in [3.05, 3.63) is 35.4 Å². The normalized spacial score (nSPS) is 20.0. The molecule has 0 saturated heterocycles. The Morgan fingerprint density at radius 1 is 1.19 bits per heavy atom. The number of hydrogen-bond acceptors (Lipinski definition) is 2. The Hall–Kier alpha value is -1.00. The molecule has 1 saturated carbocycles. The molecule has 1 aromatic carbocycles.